The van der Waals surface area contributed by atoms with E-state index in [-0.39, 0.29) is 11.8 Å². The number of hydrogen-bond donors (Lipinski definition) is 1. The average Bonchev–Trinajstić information content (AvgIpc) is 2.78. The Kier molecular flexibility index (Phi) is 10.7. The van der Waals surface area contributed by atoms with Crippen LogP contribution in [0.25, 0.3) is 0 Å². The standard InChI is InChI=1S/C24H31ClN2O3S/c1-4-13-26-24(29)22(5-2)27(15-18-9-11-21(30-3)12-10-18)23(28)17-31-16-19-7-6-8-20(25)14-19/h6-12,14,22H,4-5,13,15-17H2,1-3H3,(H,26,29)/t22-/m1/s1. The van der Waals surface area contributed by atoms with Crippen LogP contribution in [0.2, 0.25) is 5.02 Å². The Balaban J connectivity index is 2.11. The molecule has 168 valence electrons. The van der Waals surface area contributed by atoms with Gasteiger partial charge in [0.05, 0.1) is 12.9 Å². The van der Waals surface area contributed by atoms with Gasteiger partial charge < -0.3 is 15.0 Å². The summed E-state index contributed by atoms with van der Waals surface area (Å²) in [5.74, 6) is 1.57. The van der Waals surface area contributed by atoms with Crippen LogP contribution in [-0.2, 0) is 21.9 Å². The van der Waals surface area contributed by atoms with E-state index in [2.05, 4.69) is 5.32 Å². The Labute approximate surface area is 194 Å². The molecule has 0 aliphatic heterocycles. The normalized spacial score (nSPS) is 11.6. The number of halogens is 1. The summed E-state index contributed by atoms with van der Waals surface area (Å²) in [6.45, 7) is 4.92. The Hall–Kier alpha value is -2.18. The van der Waals surface area contributed by atoms with E-state index in [0.717, 1.165) is 23.3 Å². The number of carbonyl (C=O) groups excluding carboxylic acids is 2. The Morgan fingerprint density at radius 3 is 2.48 bits per heavy atom. The van der Waals surface area contributed by atoms with Crippen LogP contribution in [0, 0.1) is 0 Å². The number of rotatable bonds is 12. The summed E-state index contributed by atoms with van der Waals surface area (Å²) in [4.78, 5) is 27.6. The number of ether oxygens (including phenoxy) is 1. The summed E-state index contributed by atoms with van der Waals surface area (Å²) < 4.78 is 5.22. The molecule has 1 N–H and O–H groups in total. The lowest BCUT2D eigenvalue weighted by Gasteiger charge is -2.30. The molecule has 0 aromatic heterocycles. The lowest BCUT2D eigenvalue weighted by molar-refractivity contribution is -0.139. The first-order valence-electron chi connectivity index (χ1n) is 10.5. The Morgan fingerprint density at radius 2 is 1.87 bits per heavy atom. The number of methoxy groups -OCH3 is 1. The van der Waals surface area contributed by atoms with Gasteiger partial charge in [-0.15, -0.1) is 11.8 Å². The topological polar surface area (TPSA) is 58.6 Å². The van der Waals surface area contributed by atoms with E-state index >= 15 is 0 Å². The molecule has 0 fully saturated rings. The first kappa shape index (κ1) is 25.1. The van der Waals surface area contributed by atoms with Crippen LogP contribution in [0.4, 0.5) is 0 Å². The zero-order valence-electron chi connectivity index (χ0n) is 18.4. The van der Waals surface area contributed by atoms with Crippen molar-refractivity contribution >= 4 is 35.2 Å². The van der Waals surface area contributed by atoms with Gasteiger partial charge in [0.25, 0.3) is 0 Å². The minimum absolute atomic E-state index is 0.0543. The SMILES string of the molecule is CCCNC(=O)[C@@H](CC)N(Cc1ccc(OC)cc1)C(=O)CSCc1cccc(Cl)c1. The van der Waals surface area contributed by atoms with Crippen LogP contribution in [0.5, 0.6) is 5.75 Å². The molecule has 5 nitrogen and oxygen atoms in total. The minimum atomic E-state index is -0.507. The second kappa shape index (κ2) is 13.3. The second-order valence-corrected chi connectivity index (χ2v) is 8.63. The van der Waals surface area contributed by atoms with Crippen LogP contribution in [0.1, 0.15) is 37.8 Å². The molecule has 0 saturated heterocycles. The number of carbonyl (C=O) groups is 2. The van der Waals surface area contributed by atoms with Crippen molar-refractivity contribution in [3.63, 3.8) is 0 Å². The Morgan fingerprint density at radius 1 is 1.13 bits per heavy atom. The molecule has 0 heterocycles. The highest BCUT2D eigenvalue weighted by Gasteiger charge is 2.28. The molecular weight excluding hydrogens is 432 g/mol. The molecule has 0 bridgehead atoms. The van der Waals surface area contributed by atoms with E-state index in [1.807, 2.05) is 62.4 Å². The Bertz CT molecular complexity index is 845. The number of hydrogen-bond acceptors (Lipinski definition) is 4. The zero-order valence-corrected chi connectivity index (χ0v) is 20.0. The molecule has 2 aromatic rings. The van der Waals surface area contributed by atoms with E-state index < -0.39 is 6.04 Å². The summed E-state index contributed by atoms with van der Waals surface area (Å²) >= 11 is 7.57. The third-order valence-electron chi connectivity index (χ3n) is 4.83. The third-order valence-corrected chi connectivity index (χ3v) is 6.05. The number of thioether (sulfide) groups is 1. The number of amides is 2. The van der Waals surface area contributed by atoms with Crippen molar-refractivity contribution in [1.29, 1.82) is 0 Å². The lowest BCUT2D eigenvalue weighted by atomic mass is 10.1. The van der Waals surface area contributed by atoms with Crippen molar-refractivity contribution in [2.75, 3.05) is 19.4 Å². The summed E-state index contributed by atoms with van der Waals surface area (Å²) in [6.07, 6.45) is 1.40. The highest BCUT2D eigenvalue weighted by atomic mass is 35.5. The minimum Gasteiger partial charge on any atom is -0.497 e. The maximum atomic E-state index is 13.2. The van der Waals surface area contributed by atoms with Crippen LogP contribution < -0.4 is 10.1 Å². The fourth-order valence-corrected chi connectivity index (χ4v) is 4.25. The maximum absolute atomic E-state index is 13.2. The number of nitrogens with zero attached hydrogens (tertiary/aromatic N) is 1. The van der Waals surface area contributed by atoms with Gasteiger partial charge in [-0.2, -0.15) is 0 Å². The van der Waals surface area contributed by atoms with Crippen LogP contribution in [0.15, 0.2) is 48.5 Å². The zero-order chi connectivity index (χ0) is 22.6. The summed E-state index contributed by atoms with van der Waals surface area (Å²) in [6, 6.07) is 14.7. The highest BCUT2D eigenvalue weighted by Crippen LogP contribution is 2.20. The van der Waals surface area contributed by atoms with Gasteiger partial charge in [0.2, 0.25) is 11.8 Å². The smallest absolute Gasteiger partial charge is 0.242 e. The van der Waals surface area contributed by atoms with Crippen molar-refractivity contribution in [2.24, 2.45) is 0 Å². The maximum Gasteiger partial charge on any atom is 0.242 e. The average molecular weight is 463 g/mol. The van der Waals surface area contributed by atoms with Crippen molar-refractivity contribution in [2.45, 2.75) is 45.0 Å². The molecule has 2 aromatic carbocycles. The van der Waals surface area contributed by atoms with Crippen molar-refractivity contribution in [3.05, 3.63) is 64.7 Å². The first-order chi connectivity index (χ1) is 15.0. The van der Waals surface area contributed by atoms with Gasteiger partial charge in [0.15, 0.2) is 0 Å². The van der Waals surface area contributed by atoms with E-state index in [4.69, 9.17) is 16.3 Å². The van der Waals surface area contributed by atoms with E-state index in [0.29, 0.717) is 36.0 Å². The number of nitrogens with one attached hydrogen (secondary N) is 1. The largest absolute Gasteiger partial charge is 0.497 e. The van der Waals surface area contributed by atoms with Crippen LogP contribution >= 0.6 is 23.4 Å². The van der Waals surface area contributed by atoms with Gasteiger partial charge in [0, 0.05) is 23.9 Å². The predicted molar refractivity (Wildman–Crippen MR) is 129 cm³/mol. The molecule has 0 spiro atoms. The summed E-state index contributed by atoms with van der Waals surface area (Å²) in [7, 11) is 1.62. The third kappa shape index (κ3) is 8.11. The van der Waals surface area contributed by atoms with E-state index in [1.54, 1.807) is 12.0 Å². The molecule has 2 rings (SSSR count). The second-order valence-electron chi connectivity index (χ2n) is 7.21. The molecule has 0 radical (unpaired) electrons. The van der Waals surface area contributed by atoms with Gasteiger partial charge >= 0.3 is 0 Å². The molecule has 0 aliphatic carbocycles. The summed E-state index contributed by atoms with van der Waals surface area (Å²) in [5.41, 5.74) is 2.02. The predicted octanol–water partition coefficient (Wildman–Crippen LogP) is 4.92. The van der Waals surface area contributed by atoms with Crippen LogP contribution in [-0.4, -0.2) is 42.2 Å². The van der Waals surface area contributed by atoms with E-state index in [9.17, 15) is 9.59 Å². The lowest BCUT2D eigenvalue weighted by Crippen LogP contribution is -2.49. The van der Waals surface area contributed by atoms with Gasteiger partial charge in [-0.05, 0) is 48.2 Å². The highest BCUT2D eigenvalue weighted by molar-refractivity contribution is 7.99. The molecule has 7 heteroatoms. The van der Waals surface area contributed by atoms with Crippen molar-refractivity contribution in [1.82, 2.24) is 10.2 Å². The van der Waals surface area contributed by atoms with Gasteiger partial charge in [-0.3, -0.25) is 9.59 Å². The summed E-state index contributed by atoms with van der Waals surface area (Å²) in [5, 5.41) is 3.62. The quantitative estimate of drug-likeness (QED) is 0.486. The van der Waals surface area contributed by atoms with Gasteiger partial charge in [-0.1, -0.05) is 49.7 Å². The van der Waals surface area contributed by atoms with Gasteiger partial charge in [-0.25, -0.2) is 0 Å². The first-order valence-corrected chi connectivity index (χ1v) is 12.0. The number of benzene rings is 2. The monoisotopic (exact) mass is 462 g/mol. The van der Waals surface area contributed by atoms with Crippen molar-refractivity contribution in [3.8, 4) is 5.75 Å². The van der Waals surface area contributed by atoms with Crippen molar-refractivity contribution < 1.29 is 14.3 Å². The molecule has 0 unspecified atom stereocenters. The van der Waals surface area contributed by atoms with Gasteiger partial charge in [0.1, 0.15) is 11.8 Å². The fourth-order valence-electron chi connectivity index (χ4n) is 3.18. The molecular formula is C24H31ClN2O3S. The molecule has 31 heavy (non-hydrogen) atoms. The molecule has 0 aliphatic rings. The molecule has 2 amide bonds. The molecule has 1 atom stereocenters. The van der Waals surface area contributed by atoms with E-state index in [1.165, 1.54) is 11.8 Å². The molecule has 0 saturated carbocycles. The fraction of sp³-hybridized carbons (Fsp3) is 0.417. The van der Waals surface area contributed by atoms with Crippen LogP contribution in [0.3, 0.4) is 0 Å².